The Bertz CT molecular complexity index is 1230. The molecular weight excluding hydrogens is 452 g/mol. The van der Waals surface area contributed by atoms with Gasteiger partial charge in [-0.3, -0.25) is 4.99 Å². The van der Waals surface area contributed by atoms with Gasteiger partial charge in [0.15, 0.2) is 5.17 Å². The van der Waals surface area contributed by atoms with Crippen molar-refractivity contribution in [1.29, 1.82) is 0 Å². The first-order valence-electron chi connectivity index (χ1n) is 11.9. The summed E-state index contributed by atoms with van der Waals surface area (Å²) >= 11 is 1.66. The molecule has 2 N–H and O–H groups in total. The maximum Gasteiger partial charge on any atom is 0.165 e. The van der Waals surface area contributed by atoms with E-state index in [1.807, 2.05) is 24.3 Å². The van der Waals surface area contributed by atoms with Gasteiger partial charge in [-0.2, -0.15) is 0 Å². The molecule has 1 atom stereocenters. The van der Waals surface area contributed by atoms with Crippen LogP contribution in [0.5, 0.6) is 5.75 Å². The highest BCUT2D eigenvalue weighted by molar-refractivity contribution is 8.13. The number of aliphatic imine (C=N–C) groups is 1. The smallest absolute Gasteiger partial charge is 0.165 e. The number of hydrogen-bond donors (Lipinski definition) is 2. The predicted octanol–water partition coefficient (Wildman–Crippen LogP) is 6.41. The van der Waals surface area contributed by atoms with E-state index in [1.54, 1.807) is 23.9 Å². The summed E-state index contributed by atoms with van der Waals surface area (Å²) in [4.78, 5) is 8.49. The number of phenolic OH excluding ortho intramolecular Hbond substituents is 1. The van der Waals surface area contributed by atoms with E-state index in [9.17, 15) is 10.2 Å². The summed E-state index contributed by atoms with van der Waals surface area (Å²) in [5, 5.41) is 20.9. The Balaban J connectivity index is 1.69. The van der Waals surface area contributed by atoms with Crippen LogP contribution in [-0.2, 0) is 13.1 Å². The largest absolute Gasteiger partial charge is 0.508 e. The highest BCUT2D eigenvalue weighted by atomic mass is 32.2. The van der Waals surface area contributed by atoms with E-state index in [0.717, 1.165) is 21.2 Å². The van der Waals surface area contributed by atoms with Crippen LogP contribution >= 0.6 is 11.8 Å². The summed E-state index contributed by atoms with van der Waals surface area (Å²) in [5.74, 6) is 0.254. The van der Waals surface area contributed by atoms with E-state index in [1.165, 1.54) is 16.7 Å². The lowest BCUT2D eigenvalue weighted by Crippen LogP contribution is -2.31. The molecule has 4 rings (SSSR count). The van der Waals surface area contributed by atoms with Gasteiger partial charge in [0.05, 0.1) is 12.6 Å². The normalized spacial score (nSPS) is 15.7. The molecule has 0 saturated carbocycles. The maximum atomic E-state index is 10.2. The van der Waals surface area contributed by atoms with E-state index in [-0.39, 0.29) is 5.75 Å². The number of rotatable bonds is 7. The van der Waals surface area contributed by atoms with Crippen LogP contribution in [0.4, 0.5) is 0 Å². The molecule has 1 aliphatic rings. The third-order valence-electron chi connectivity index (χ3n) is 5.75. The number of aliphatic hydroxyl groups is 1. The first-order valence-corrected chi connectivity index (χ1v) is 12.7. The number of hydrogen-bond acceptors (Lipinski definition) is 4. The van der Waals surface area contributed by atoms with E-state index < -0.39 is 6.10 Å². The molecule has 0 saturated heterocycles. The molecule has 3 aromatic carbocycles. The van der Waals surface area contributed by atoms with Crippen molar-refractivity contribution >= 4 is 16.9 Å². The highest BCUT2D eigenvalue weighted by Crippen LogP contribution is 2.26. The summed E-state index contributed by atoms with van der Waals surface area (Å²) in [6.07, 6.45) is 6.23. The Hall–Kier alpha value is -3.28. The van der Waals surface area contributed by atoms with Gasteiger partial charge in [-0.25, -0.2) is 0 Å². The van der Waals surface area contributed by atoms with Crippen LogP contribution in [0.3, 0.4) is 0 Å². The average Bonchev–Trinajstić information content (AvgIpc) is 2.83. The highest BCUT2D eigenvalue weighted by Gasteiger charge is 2.17. The molecule has 0 bridgehead atoms. The fourth-order valence-corrected chi connectivity index (χ4v) is 5.01. The summed E-state index contributed by atoms with van der Waals surface area (Å²) in [6, 6.07) is 24.2. The van der Waals surface area contributed by atoms with Crippen molar-refractivity contribution in [3.63, 3.8) is 0 Å². The van der Waals surface area contributed by atoms with Crippen LogP contribution in [0.15, 0.2) is 106 Å². The lowest BCUT2D eigenvalue weighted by molar-refractivity contribution is 0.224. The van der Waals surface area contributed by atoms with Crippen LogP contribution in [0, 0.1) is 13.8 Å². The quantitative estimate of drug-likeness (QED) is 0.231. The zero-order valence-electron chi connectivity index (χ0n) is 20.3. The van der Waals surface area contributed by atoms with Crippen molar-refractivity contribution in [3.05, 3.63) is 119 Å². The van der Waals surface area contributed by atoms with Gasteiger partial charge in [0.25, 0.3) is 0 Å². The molecule has 3 aromatic rings. The molecule has 1 unspecified atom stereocenters. The third-order valence-corrected chi connectivity index (χ3v) is 6.81. The lowest BCUT2D eigenvalue weighted by Gasteiger charge is -2.28. The molecule has 0 aliphatic heterocycles. The molecule has 180 valence electrons. The van der Waals surface area contributed by atoms with Gasteiger partial charge in [-0.15, -0.1) is 0 Å². The zero-order valence-corrected chi connectivity index (χ0v) is 21.1. The molecule has 35 heavy (non-hydrogen) atoms. The third kappa shape index (κ3) is 7.61. The molecule has 0 radical (unpaired) electrons. The second-order valence-corrected chi connectivity index (χ2v) is 10.0. The van der Waals surface area contributed by atoms with Gasteiger partial charge < -0.3 is 15.1 Å². The topological polar surface area (TPSA) is 56.1 Å². The Morgan fingerprint density at radius 3 is 2.40 bits per heavy atom. The van der Waals surface area contributed by atoms with E-state index in [0.29, 0.717) is 26.1 Å². The van der Waals surface area contributed by atoms with Crippen LogP contribution in [0.2, 0.25) is 0 Å². The van der Waals surface area contributed by atoms with Crippen LogP contribution in [0.1, 0.15) is 28.7 Å². The summed E-state index contributed by atoms with van der Waals surface area (Å²) < 4.78 is 0. The molecule has 0 spiro atoms. The first kappa shape index (κ1) is 24.8. The Morgan fingerprint density at radius 1 is 0.943 bits per heavy atom. The van der Waals surface area contributed by atoms with Crippen molar-refractivity contribution in [1.82, 2.24) is 4.90 Å². The second kappa shape index (κ2) is 11.9. The molecule has 0 fully saturated rings. The van der Waals surface area contributed by atoms with E-state index >= 15 is 0 Å². The standard InChI is InChI=1S/C30H32N2O2S/c1-22-6-3-8-25(16-22)19-31-30(35-29-11-4-7-23(2)17-29)32(20-24-12-14-27(33)15-13-24)21-26-9-5-10-28(34)18-26/h3-9,11-18,28,33-34H,10,19-21H2,1-2H3. The predicted molar refractivity (Wildman–Crippen MR) is 146 cm³/mol. The minimum Gasteiger partial charge on any atom is -0.508 e. The minimum atomic E-state index is -0.456. The van der Waals surface area contributed by atoms with Gasteiger partial charge >= 0.3 is 0 Å². The van der Waals surface area contributed by atoms with Gasteiger partial charge in [0.1, 0.15) is 5.75 Å². The van der Waals surface area contributed by atoms with Crippen molar-refractivity contribution in [2.24, 2.45) is 4.99 Å². The fourth-order valence-electron chi connectivity index (χ4n) is 4.02. The number of phenols is 1. The first-order chi connectivity index (χ1) is 16.9. The van der Waals surface area contributed by atoms with Gasteiger partial charge in [0, 0.05) is 18.0 Å². The van der Waals surface area contributed by atoms with E-state index in [4.69, 9.17) is 4.99 Å². The summed E-state index contributed by atoms with van der Waals surface area (Å²) in [7, 11) is 0. The Kier molecular flexibility index (Phi) is 8.45. The van der Waals surface area contributed by atoms with Crippen LogP contribution in [0.25, 0.3) is 0 Å². The maximum absolute atomic E-state index is 10.2. The summed E-state index contributed by atoms with van der Waals surface area (Å²) in [5.41, 5.74) is 5.74. The molecule has 0 amide bonds. The average molecular weight is 485 g/mol. The van der Waals surface area contributed by atoms with Gasteiger partial charge in [-0.05, 0) is 61.2 Å². The number of aromatic hydroxyl groups is 1. The van der Waals surface area contributed by atoms with Crippen molar-refractivity contribution in [2.75, 3.05) is 6.54 Å². The second-order valence-electron chi connectivity index (χ2n) is 8.98. The van der Waals surface area contributed by atoms with Crippen molar-refractivity contribution in [3.8, 4) is 5.75 Å². The van der Waals surface area contributed by atoms with Gasteiger partial charge in [0.2, 0.25) is 0 Å². The number of amidine groups is 1. The van der Waals surface area contributed by atoms with E-state index in [2.05, 4.69) is 73.4 Å². The SMILES string of the molecule is Cc1cccc(CN=C(Sc2cccc(C)c2)N(CC2=CC(O)CC=C2)Cc2ccc(O)cc2)c1. The molecule has 0 aromatic heterocycles. The molecule has 0 heterocycles. The molecule has 1 aliphatic carbocycles. The monoisotopic (exact) mass is 484 g/mol. The number of aryl methyl sites for hydroxylation is 2. The lowest BCUT2D eigenvalue weighted by atomic mass is 10.0. The molecule has 5 heteroatoms. The number of thioether (sulfide) groups is 1. The molecule has 4 nitrogen and oxygen atoms in total. The number of benzene rings is 3. The minimum absolute atomic E-state index is 0.254. The zero-order chi connectivity index (χ0) is 24.6. The molecular formula is C30H32N2O2S. The van der Waals surface area contributed by atoms with Crippen molar-refractivity contribution < 1.29 is 10.2 Å². The Labute approximate surface area is 212 Å². The fraction of sp³-hybridized carbons (Fsp3) is 0.233. The van der Waals surface area contributed by atoms with Gasteiger partial charge in [-0.1, -0.05) is 89.6 Å². The summed E-state index contributed by atoms with van der Waals surface area (Å²) in [6.45, 7) is 6.03. The van der Waals surface area contributed by atoms with Crippen LogP contribution in [-0.4, -0.2) is 32.9 Å². The van der Waals surface area contributed by atoms with Crippen LogP contribution < -0.4 is 0 Å². The number of nitrogens with zero attached hydrogens (tertiary/aromatic N) is 2. The Morgan fingerprint density at radius 2 is 1.69 bits per heavy atom. The van der Waals surface area contributed by atoms with Crippen molar-refractivity contribution in [2.45, 2.75) is 44.4 Å². The number of aliphatic hydroxyl groups excluding tert-OH is 1.